The number of hydrogen-bond acceptors (Lipinski definition) is 3. The fourth-order valence-corrected chi connectivity index (χ4v) is 2.22. The van der Waals surface area contributed by atoms with Crippen molar-refractivity contribution < 1.29 is 5.11 Å². The van der Waals surface area contributed by atoms with Crippen molar-refractivity contribution in [1.29, 1.82) is 0 Å². The normalized spacial score (nSPS) is 15.3. The van der Waals surface area contributed by atoms with Gasteiger partial charge in [0.1, 0.15) is 11.4 Å². The van der Waals surface area contributed by atoms with Gasteiger partial charge in [-0.1, -0.05) is 36.8 Å². The first-order valence-corrected chi connectivity index (χ1v) is 6.14. The molecule has 1 heterocycles. The summed E-state index contributed by atoms with van der Waals surface area (Å²) in [6, 6.07) is 9.09. The van der Waals surface area contributed by atoms with E-state index in [4.69, 9.17) is 0 Å². The summed E-state index contributed by atoms with van der Waals surface area (Å²) in [5.74, 6) is 0.740. The van der Waals surface area contributed by atoms with E-state index in [0.717, 1.165) is 19.3 Å². The maximum Gasteiger partial charge on any atom is 0.262 e. The quantitative estimate of drug-likeness (QED) is 0.849. The molecular weight excluding hydrogens is 228 g/mol. The van der Waals surface area contributed by atoms with Crippen LogP contribution in [0.5, 0.6) is 5.88 Å². The number of nitrogens with one attached hydrogen (secondary N) is 1. The van der Waals surface area contributed by atoms with E-state index in [1.165, 1.54) is 0 Å². The molecule has 0 bridgehead atoms. The molecule has 2 N–H and O–H groups in total. The molecule has 0 saturated heterocycles. The van der Waals surface area contributed by atoms with Crippen LogP contribution in [0.3, 0.4) is 0 Å². The van der Waals surface area contributed by atoms with Crippen LogP contribution in [0.1, 0.15) is 31.0 Å². The SMILES string of the molecule is O=c1[nH]c(C2CCC2)nc(O)c1-c1ccccc1. The second-order valence-electron chi connectivity index (χ2n) is 4.64. The van der Waals surface area contributed by atoms with Crippen LogP contribution in [0.2, 0.25) is 0 Å². The van der Waals surface area contributed by atoms with Crippen molar-refractivity contribution in [2.75, 3.05) is 0 Å². The second-order valence-corrected chi connectivity index (χ2v) is 4.64. The van der Waals surface area contributed by atoms with Gasteiger partial charge in [0.15, 0.2) is 0 Å². The average Bonchev–Trinajstić information content (AvgIpc) is 2.27. The van der Waals surface area contributed by atoms with Crippen LogP contribution in [0.4, 0.5) is 0 Å². The van der Waals surface area contributed by atoms with Gasteiger partial charge in [0, 0.05) is 5.92 Å². The van der Waals surface area contributed by atoms with E-state index in [1.54, 1.807) is 12.1 Å². The molecule has 2 aromatic rings. The van der Waals surface area contributed by atoms with Crippen molar-refractivity contribution in [3.63, 3.8) is 0 Å². The van der Waals surface area contributed by atoms with Crippen molar-refractivity contribution in [3.8, 4) is 17.0 Å². The summed E-state index contributed by atoms with van der Waals surface area (Å²) in [5, 5.41) is 9.96. The largest absolute Gasteiger partial charge is 0.493 e. The topological polar surface area (TPSA) is 66.0 Å². The van der Waals surface area contributed by atoms with Crippen molar-refractivity contribution in [2.45, 2.75) is 25.2 Å². The lowest BCUT2D eigenvalue weighted by Gasteiger charge is -2.24. The van der Waals surface area contributed by atoms with Crippen LogP contribution in [0, 0.1) is 0 Å². The minimum atomic E-state index is -0.268. The summed E-state index contributed by atoms with van der Waals surface area (Å²) in [4.78, 5) is 19.0. The number of aromatic nitrogens is 2. The Kier molecular flexibility index (Phi) is 2.63. The fraction of sp³-hybridized carbons (Fsp3) is 0.286. The molecule has 1 fully saturated rings. The number of nitrogens with zero attached hydrogens (tertiary/aromatic N) is 1. The zero-order valence-corrected chi connectivity index (χ0v) is 9.89. The summed E-state index contributed by atoms with van der Waals surface area (Å²) < 4.78 is 0. The minimum Gasteiger partial charge on any atom is -0.493 e. The highest BCUT2D eigenvalue weighted by Gasteiger charge is 2.24. The van der Waals surface area contributed by atoms with Gasteiger partial charge in [-0.2, -0.15) is 4.98 Å². The molecule has 0 unspecified atom stereocenters. The summed E-state index contributed by atoms with van der Waals surface area (Å²) in [7, 11) is 0. The maximum absolute atomic E-state index is 12.1. The van der Waals surface area contributed by atoms with Gasteiger partial charge in [-0.3, -0.25) is 4.79 Å². The minimum absolute atomic E-state index is 0.174. The number of H-pyrrole nitrogens is 1. The number of benzene rings is 1. The first-order chi connectivity index (χ1) is 8.75. The highest BCUT2D eigenvalue weighted by Crippen LogP contribution is 2.35. The number of rotatable bonds is 2. The summed E-state index contributed by atoms with van der Waals surface area (Å²) in [6.45, 7) is 0. The molecule has 0 atom stereocenters. The van der Waals surface area contributed by atoms with Gasteiger partial charge < -0.3 is 10.1 Å². The monoisotopic (exact) mass is 242 g/mol. The van der Waals surface area contributed by atoms with Gasteiger partial charge in [0.2, 0.25) is 5.88 Å². The molecule has 3 rings (SSSR count). The maximum atomic E-state index is 12.1. The molecule has 0 radical (unpaired) electrons. The molecular formula is C14H14N2O2. The Morgan fingerprint density at radius 3 is 2.50 bits per heavy atom. The van der Waals surface area contributed by atoms with Crippen LogP contribution in [-0.4, -0.2) is 15.1 Å². The van der Waals surface area contributed by atoms with Crippen molar-refractivity contribution in [2.24, 2.45) is 0 Å². The van der Waals surface area contributed by atoms with Gasteiger partial charge in [-0.15, -0.1) is 0 Å². The lowest BCUT2D eigenvalue weighted by atomic mass is 9.85. The Hall–Kier alpha value is -2.10. The standard InChI is InChI=1S/C14H14N2O2/c17-13-11(9-5-2-1-3-6-9)14(18)16-12(15-13)10-7-4-8-10/h1-3,5-6,10H,4,7-8H2,(H2,15,16,17,18). The first kappa shape index (κ1) is 11.0. The molecule has 1 aromatic heterocycles. The van der Waals surface area contributed by atoms with Crippen LogP contribution in [0.25, 0.3) is 11.1 Å². The zero-order chi connectivity index (χ0) is 12.5. The molecule has 1 saturated carbocycles. The van der Waals surface area contributed by atoms with E-state index in [1.807, 2.05) is 18.2 Å². The van der Waals surface area contributed by atoms with Crippen LogP contribution in [-0.2, 0) is 0 Å². The Labute approximate surface area is 104 Å². The second kappa shape index (κ2) is 4.29. The third-order valence-electron chi connectivity index (χ3n) is 3.47. The van der Waals surface area contributed by atoms with Crippen molar-refractivity contribution in [3.05, 3.63) is 46.5 Å². The molecule has 0 amide bonds. The van der Waals surface area contributed by atoms with E-state index in [0.29, 0.717) is 17.3 Å². The van der Waals surface area contributed by atoms with Gasteiger partial charge in [-0.05, 0) is 18.4 Å². The molecule has 0 spiro atoms. The smallest absolute Gasteiger partial charge is 0.262 e. The predicted molar refractivity (Wildman–Crippen MR) is 68.6 cm³/mol. The Bertz CT molecular complexity index is 615. The van der Waals surface area contributed by atoms with E-state index in [9.17, 15) is 9.90 Å². The molecule has 4 nitrogen and oxygen atoms in total. The predicted octanol–water partition coefficient (Wildman–Crippen LogP) is 2.41. The number of aromatic amines is 1. The van der Waals surface area contributed by atoms with E-state index >= 15 is 0 Å². The summed E-state index contributed by atoms with van der Waals surface area (Å²) >= 11 is 0. The van der Waals surface area contributed by atoms with Gasteiger partial charge in [-0.25, -0.2) is 0 Å². The lowest BCUT2D eigenvalue weighted by Crippen LogP contribution is -2.19. The average molecular weight is 242 g/mol. The molecule has 92 valence electrons. The lowest BCUT2D eigenvalue weighted by molar-refractivity contribution is 0.387. The molecule has 1 aromatic carbocycles. The van der Waals surface area contributed by atoms with E-state index in [2.05, 4.69) is 9.97 Å². The number of hydrogen-bond donors (Lipinski definition) is 2. The summed E-state index contributed by atoms with van der Waals surface area (Å²) in [6.07, 6.45) is 3.23. The highest BCUT2D eigenvalue weighted by atomic mass is 16.3. The van der Waals surface area contributed by atoms with Crippen LogP contribution in [0.15, 0.2) is 35.1 Å². The molecule has 4 heteroatoms. The van der Waals surface area contributed by atoms with Crippen molar-refractivity contribution in [1.82, 2.24) is 9.97 Å². The first-order valence-electron chi connectivity index (χ1n) is 6.14. The van der Waals surface area contributed by atoms with Crippen LogP contribution < -0.4 is 5.56 Å². The van der Waals surface area contributed by atoms with Gasteiger partial charge >= 0.3 is 0 Å². The Morgan fingerprint density at radius 2 is 1.94 bits per heavy atom. The fourth-order valence-electron chi connectivity index (χ4n) is 2.22. The van der Waals surface area contributed by atoms with Gasteiger partial charge in [0.05, 0.1) is 0 Å². The third kappa shape index (κ3) is 1.79. The Balaban J connectivity index is 2.09. The van der Waals surface area contributed by atoms with E-state index in [-0.39, 0.29) is 17.0 Å². The summed E-state index contributed by atoms with van der Waals surface area (Å²) in [5.41, 5.74) is 0.665. The molecule has 18 heavy (non-hydrogen) atoms. The molecule has 0 aliphatic heterocycles. The molecule has 1 aliphatic rings. The zero-order valence-electron chi connectivity index (χ0n) is 9.89. The Morgan fingerprint density at radius 1 is 1.22 bits per heavy atom. The van der Waals surface area contributed by atoms with Crippen molar-refractivity contribution >= 4 is 0 Å². The van der Waals surface area contributed by atoms with Crippen LogP contribution >= 0.6 is 0 Å². The van der Waals surface area contributed by atoms with E-state index < -0.39 is 0 Å². The third-order valence-corrected chi connectivity index (χ3v) is 3.47. The van der Waals surface area contributed by atoms with Gasteiger partial charge in [0.25, 0.3) is 5.56 Å². The highest BCUT2D eigenvalue weighted by molar-refractivity contribution is 5.66. The number of aromatic hydroxyl groups is 1. The molecule has 1 aliphatic carbocycles.